The van der Waals surface area contributed by atoms with Gasteiger partial charge in [-0.15, -0.1) is 10.2 Å². The highest BCUT2D eigenvalue weighted by Gasteiger charge is 2.26. The van der Waals surface area contributed by atoms with Gasteiger partial charge in [-0.25, -0.2) is 9.97 Å². The van der Waals surface area contributed by atoms with Gasteiger partial charge in [0.15, 0.2) is 5.82 Å². The molecule has 0 bridgehead atoms. The van der Waals surface area contributed by atoms with E-state index in [4.69, 9.17) is 4.98 Å². The molecule has 0 saturated carbocycles. The summed E-state index contributed by atoms with van der Waals surface area (Å²) >= 11 is 0. The summed E-state index contributed by atoms with van der Waals surface area (Å²) in [6.07, 6.45) is 5.83. The molecule has 1 aliphatic rings. The summed E-state index contributed by atoms with van der Waals surface area (Å²) in [5.74, 6) is 3.37. The number of benzene rings is 1. The third-order valence-corrected chi connectivity index (χ3v) is 5.01. The molecule has 0 amide bonds. The molecular formula is C20H24N6. The molecule has 0 radical (unpaired) electrons. The first-order chi connectivity index (χ1) is 12.7. The van der Waals surface area contributed by atoms with Crippen LogP contribution in [0.1, 0.15) is 44.5 Å². The molecule has 3 aromatic rings. The molecule has 0 N–H and O–H groups in total. The Bertz CT molecular complexity index is 850. The Morgan fingerprint density at radius 3 is 2.54 bits per heavy atom. The number of hydrogen-bond acceptors (Lipinski definition) is 5. The topological polar surface area (TPSA) is 59.7 Å². The molecule has 6 nitrogen and oxygen atoms in total. The monoisotopic (exact) mass is 348 g/mol. The van der Waals surface area contributed by atoms with E-state index in [1.54, 1.807) is 0 Å². The van der Waals surface area contributed by atoms with Gasteiger partial charge < -0.3 is 9.47 Å². The lowest BCUT2D eigenvalue weighted by molar-refractivity contribution is 0.447. The predicted octanol–water partition coefficient (Wildman–Crippen LogP) is 3.70. The molecule has 134 valence electrons. The van der Waals surface area contributed by atoms with Crippen molar-refractivity contribution in [2.24, 2.45) is 0 Å². The van der Waals surface area contributed by atoms with Crippen molar-refractivity contribution in [3.05, 3.63) is 54.7 Å². The zero-order chi connectivity index (χ0) is 17.9. The Morgan fingerprint density at radius 2 is 1.81 bits per heavy atom. The van der Waals surface area contributed by atoms with Crippen LogP contribution in [0.15, 0.2) is 48.9 Å². The molecule has 0 atom stereocenters. The molecule has 26 heavy (non-hydrogen) atoms. The van der Waals surface area contributed by atoms with Crippen LogP contribution in [-0.4, -0.2) is 37.8 Å². The third kappa shape index (κ3) is 3.31. The maximum absolute atomic E-state index is 4.78. The van der Waals surface area contributed by atoms with Gasteiger partial charge in [0.05, 0.1) is 0 Å². The highest BCUT2D eigenvalue weighted by molar-refractivity contribution is 5.57. The van der Waals surface area contributed by atoms with Gasteiger partial charge >= 0.3 is 0 Å². The molecule has 1 saturated heterocycles. The van der Waals surface area contributed by atoms with Gasteiger partial charge in [0.25, 0.3) is 0 Å². The number of hydrogen-bond donors (Lipinski definition) is 0. The fraction of sp³-hybridized carbons (Fsp3) is 0.400. The summed E-state index contributed by atoms with van der Waals surface area (Å²) in [5, 5.41) is 8.50. The summed E-state index contributed by atoms with van der Waals surface area (Å²) < 4.78 is 2.19. The van der Waals surface area contributed by atoms with Gasteiger partial charge in [-0.05, 0) is 32.8 Å². The van der Waals surface area contributed by atoms with Crippen molar-refractivity contribution in [3.8, 4) is 11.4 Å². The molecule has 4 rings (SSSR count). The van der Waals surface area contributed by atoms with Crippen LogP contribution in [0.5, 0.6) is 0 Å². The molecule has 3 heterocycles. The van der Waals surface area contributed by atoms with Crippen LogP contribution in [0.25, 0.3) is 11.4 Å². The van der Waals surface area contributed by atoms with E-state index in [1.807, 2.05) is 48.9 Å². The van der Waals surface area contributed by atoms with Gasteiger partial charge in [0.2, 0.25) is 0 Å². The third-order valence-electron chi connectivity index (χ3n) is 5.01. The van der Waals surface area contributed by atoms with Crippen LogP contribution in [0.4, 0.5) is 5.82 Å². The van der Waals surface area contributed by atoms with Crippen LogP contribution in [0.2, 0.25) is 0 Å². The Morgan fingerprint density at radius 1 is 1.04 bits per heavy atom. The van der Waals surface area contributed by atoms with E-state index in [0.29, 0.717) is 12.0 Å². The Kier molecular flexibility index (Phi) is 4.65. The van der Waals surface area contributed by atoms with Gasteiger partial charge in [0, 0.05) is 36.8 Å². The molecule has 2 aromatic heterocycles. The standard InChI is InChI=1S/C20H24N6/c1-15(2)26-14-22-24-20(26)17-9-12-25(13-10-17)18-8-11-21-19(23-18)16-6-4-3-5-7-16/h3-8,11,14-15,17H,9-10,12-13H2,1-2H3. The number of piperidine rings is 1. The highest BCUT2D eigenvalue weighted by atomic mass is 15.3. The van der Waals surface area contributed by atoms with Crippen molar-refractivity contribution in [2.45, 2.75) is 38.6 Å². The minimum atomic E-state index is 0.397. The average Bonchev–Trinajstić information content (AvgIpc) is 3.19. The largest absolute Gasteiger partial charge is 0.356 e. The Balaban J connectivity index is 1.48. The SMILES string of the molecule is CC(C)n1cnnc1C1CCN(c2ccnc(-c3ccccc3)n2)CC1. The number of rotatable bonds is 4. The second-order valence-electron chi connectivity index (χ2n) is 7.06. The Labute approximate surface area is 153 Å². The van der Waals surface area contributed by atoms with Crippen molar-refractivity contribution in [1.82, 2.24) is 24.7 Å². The van der Waals surface area contributed by atoms with E-state index in [2.05, 4.69) is 38.5 Å². The molecular weight excluding hydrogens is 324 g/mol. The van der Waals surface area contributed by atoms with Crippen LogP contribution in [0, 0.1) is 0 Å². The lowest BCUT2D eigenvalue weighted by Gasteiger charge is -2.32. The molecule has 1 aliphatic heterocycles. The van der Waals surface area contributed by atoms with Crippen molar-refractivity contribution < 1.29 is 0 Å². The van der Waals surface area contributed by atoms with Crippen LogP contribution in [-0.2, 0) is 0 Å². The van der Waals surface area contributed by atoms with E-state index >= 15 is 0 Å². The average molecular weight is 348 g/mol. The van der Waals surface area contributed by atoms with Gasteiger partial charge in [-0.3, -0.25) is 0 Å². The molecule has 0 aliphatic carbocycles. The van der Waals surface area contributed by atoms with Crippen LogP contribution in [0.3, 0.4) is 0 Å². The first kappa shape index (κ1) is 16.7. The molecule has 0 spiro atoms. The smallest absolute Gasteiger partial charge is 0.161 e. The van der Waals surface area contributed by atoms with E-state index in [9.17, 15) is 0 Å². The normalized spacial score (nSPS) is 15.6. The lowest BCUT2D eigenvalue weighted by atomic mass is 9.95. The molecule has 1 fully saturated rings. The van der Waals surface area contributed by atoms with Crippen LogP contribution >= 0.6 is 0 Å². The minimum absolute atomic E-state index is 0.397. The van der Waals surface area contributed by atoms with E-state index < -0.39 is 0 Å². The summed E-state index contributed by atoms with van der Waals surface area (Å²) in [6.45, 7) is 6.30. The lowest BCUT2D eigenvalue weighted by Crippen LogP contribution is -2.34. The van der Waals surface area contributed by atoms with E-state index in [1.165, 1.54) is 0 Å². The summed E-state index contributed by atoms with van der Waals surface area (Å²) in [5.41, 5.74) is 1.05. The zero-order valence-electron chi connectivity index (χ0n) is 15.3. The summed E-state index contributed by atoms with van der Waals surface area (Å²) in [7, 11) is 0. The fourth-order valence-electron chi connectivity index (χ4n) is 3.56. The van der Waals surface area contributed by atoms with Gasteiger partial charge in [-0.1, -0.05) is 30.3 Å². The van der Waals surface area contributed by atoms with Crippen molar-refractivity contribution in [2.75, 3.05) is 18.0 Å². The zero-order valence-corrected chi connectivity index (χ0v) is 15.3. The number of anilines is 1. The summed E-state index contributed by atoms with van der Waals surface area (Å²) in [4.78, 5) is 11.6. The minimum Gasteiger partial charge on any atom is -0.356 e. The summed E-state index contributed by atoms with van der Waals surface area (Å²) in [6, 6.07) is 12.5. The van der Waals surface area contributed by atoms with Crippen molar-refractivity contribution in [3.63, 3.8) is 0 Å². The second-order valence-corrected chi connectivity index (χ2v) is 7.06. The second kappa shape index (κ2) is 7.23. The number of aromatic nitrogens is 5. The van der Waals surface area contributed by atoms with E-state index in [-0.39, 0.29) is 0 Å². The fourth-order valence-corrected chi connectivity index (χ4v) is 3.56. The first-order valence-electron chi connectivity index (χ1n) is 9.25. The highest BCUT2D eigenvalue weighted by Crippen LogP contribution is 2.30. The van der Waals surface area contributed by atoms with Crippen molar-refractivity contribution in [1.29, 1.82) is 0 Å². The molecule has 1 aromatic carbocycles. The molecule has 6 heteroatoms. The van der Waals surface area contributed by atoms with Crippen LogP contribution < -0.4 is 4.90 Å². The first-order valence-corrected chi connectivity index (χ1v) is 9.25. The van der Waals surface area contributed by atoms with Gasteiger partial charge in [-0.2, -0.15) is 0 Å². The molecule has 0 unspecified atom stereocenters. The number of nitrogens with zero attached hydrogens (tertiary/aromatic N) is 6. The predicted molar refractivity (Wildman–Crippen MR) is 102 cm³/mol. The maximum atomic E-state index is 4.78. The maximum Gasteiger partial charge on any atom is 0.161 e. The quantitative estimate of drug-likeness (QED) is 0.719. The van der Waals surface area contributed by atoms with E-state index in [0.717, 1.165) is 49.0 Å². The van der Waals surface area contributed by atoms with Crippen molar-refractivity contribution >= 4 is 5.82 Å². The Hall–Kier alpha value is -2.76. The van der Waals surface area contributed by atoms with Gasteiger partial charge in [0.1, 0.15) is 18.0 Å².